The molecule has 1 saturated heterocycles. The van der Waals surface area contributed by atoms with Gasteiger partial charge in [-0.05, 0) is 49.8 Å². The molecule has 2 atom stereocenters. The minimum atomic E-state index is -0.405. The van der Waals surface area contributed by atoms with Gasteiger partial charge in [0.15, 0.2) is 0 Å². The summed E-state index contributed by atoms with van der Waals surface area (Å²) in [5.41, 5.74) is 2.26. The molecule has 1 aromatic rings. The van der Waals surface area contributed by atoms with Gasteiger partial charge in [-0.3, -0.25) is 0 Å². The van der Waals surface area contributed by atoms with Crippen molar-refractivity contribution in [3.8, 4) is 5.75 Å². The summed E-state index contributed by atoms with van der Waals surface area (Å²) in [4.78, 5) is 0. The van der Waals surface area contributed by atoms with Gasteiger partial charge >= 0.3 is 0 Å². The van der Waals surface area contributed by atoms with Crippen molar-refractivity contribution in [3.05, 3.63) is 29.3 Å². The van der Waals surface area contributed by atoms with Crippen LogP contribution in [-0.2, 0) is 10.2 Å². The van der Waals surface area contributed by atoms with E-state index in [4.69, 9.17) is 9.47 Å². The highest BCUT2D eigenvalue weighted by Crippen LogP contribution is 2.40. The lowest BCUT2D eigenvalue weighted by Gasteiger charge is -2.24. The molecule has 1 aromatic carbocycles. The molecule has 2 aliphatic rings. The van der Waals surface area contributed by atoms with Crippen molar-refractivity contribution < 1.29 is 14.6 Å². The highest BCUT2D eigenvalue weighted by molar-refractivity contribution is 5.45. The number of aliphatic hydroxyl groups is 1. The van der Waals surface area contributed by atoms with Crippen LogP contribution in [0.5, 0.6) is 5.75 Å². The van der Waals surface area contributed by atoms with Crippen LogP contribution in [0.3, 0.4) is 0 Å². The number of hydrogen-bond acceptors (Lipinski definition) is 3. The summed E-state index contributed by atoms with van der Waals surface area (Å²) in [5.74, 6) is 0.964. The van der Waals surface area contributed by atoms with Crippen LogP contribution in [0.2, 0.25) is 0 Å². The second-order valence-electron chi connectivity index (χ2n) is 7.01. The molecule has 0 aliphatic carbocycles. The van der Waals surface area contributed by atoms with Crippen molar-refractivity contribution in [1.82, 2.24) is 0 Å². The average molecular weight is 290 g/mol. The molecular formula is C18H26O3. The predicted octanol–water partition coefficient (Wildman–Crippen LogP) is 3.74. The van der Waals surface area contributed by atoms with Gasteiger partial charge in [0.1, 0.15) is 5.75 Å². The molecule has 2 aliphatic heterocycles. The fourth-order valence-corrected chi connectivity index (χ4v) is 3.29. The van der Waals surface area contributed by atoms with Gasteiger partial charge < -0.3 is 14.6 Å². The molecule has 3 nitrogen and oxygen atoms in total. The van der Waals surface area contributed by atoms with E-state index in [2.05, 4.69) is 19.9 Å². The zero-order chi connectivity index (χ0) is 14.9. The van der Waals surface area contributed by atoms with Gasteiger partial charge in [-0.2, -0.15) is 0 Å². The van der Waals surface area contributed by atoms with Crippen molar-refractivity contribution in [2.24, 2.45) is 0 Å². The summed E-state index contributed by atoms with van der Waals surface area (Å²) in [6.07, 6.45) is 5.21. The molecule has 116 valence electrons. The first-order valence-corrected chi connectivity index (χ1v) is 8.13. The summed E-state index contributed by atoms with van der Waals surface area (Å²) in [7, 11) is 0. The predicted molar refractivity (Wildman–Crippen MR) is 82.7 cm³/mol. The highest BCUT2D eigenvalue weighted by Gasteiger charge is 2.32. The van der Waals surface area contributed by atoms with Crippen LogP contribution in [0.1, 0.15) is 63.2 Å². The van der Waals surface area contributed by atoms with Crippen LogP contribution in [0.4, 0.5) is 0 Å². The summed E-state index contributed by atoms with van der Waals surface area (Å²) in [5, 5.41) is 10.5. The zero-order valence-electron chi connectivity index (χ0n) is 13.1. The first kappa shape index (κ1) is 14.9. The Kier molecular flexibility index (Phi) is 4.23. The molecule has 2 heterocycles. The van der Waals surface area contributed by atoms with Crippen LogP contribution in [0.15, 0.2) is 18.2 Å². The standard InChI is InChI=1S/C18H26O3/c1-18(2)12-21-17-9-6-13(11-15(17)18)16(19)8-7-14-5-3-4-10-20-14/h6,9,11,14,16,19H,3-5,7-8,10,12H2,1-2H3. The van der Waals surface area contributed by atoms with E-state index in [0.717, 1.165) is 43.8 Å². The van der Waals surface area contributed by atoms with Gasteiger partial charge in [0.05, 0.1) is 18.8 Å². The quantitative estimate of drug-likeness (QED) is 0.918. The first-order valence-electron chi connectivity index (χ1n) is 8.13. The van der Waals surface area contributed by atoms with Gasteiger partial charge in [0, 0.05) is 17.6 Å². The molecular weight excluding hydrogens is 264 g/mol. The van der Waals surface area contributed by atoms with Crippen molar-refractivity contribution >= 4 is 0 Å². The normalized spacial score (nSPS) is 25.2. The minimum absolute atomic E-state index is 0.0392. The van der Waals surface area contributed by atoms with Crippen molar-refractivity contribution in [2.45, 2.75) is 63.6 Å². The zero-order valence-corrected chi connectivity index (χ0v) is 13.1. The van der Waals surface area contributed by atoms with E-state index in [9.17, 15) is 5.11 Å². The Morgan fingerprint density at radius 3 is 2.95 bits per heavy atom. The summed E-state index contributed by atoms with van der Waals surface area (Å²) in [6, 6.07) is 6.11. The summed E-state index contributed by atoms with van der Waals surface area (Å²) >= 11 is 0. The van der Waals surface area contributed by atoms with Gasteiger partial charge in [0.25, 0.3) is 0 Å². The SMILES string of the molecule is CC1(C)COc2ccc(C(O)CCC3CCCCO3)cc21. The Hall–Kier alpha value is -1.06. The minimum Gasteiger partial charge on any atom is -0.492 e. The van der Waals surface area contributed by atoms with Crippen molar-refractivity contribution in [2.75, 3.05) is 13.2 Å². The molecule has 0 saturated carbocycles. The number of benzene rings is 1. The Morgan fingerprint density at radius 2 is 2.19 bits per heavy atom. The van der Waals surface area contributed by atoms with Crippen LogP contribution in [0.25, 0.3) is 0 Å². The third kappa shape index (κ3) is 3.24. The van der Waals surface area contributed by atoms with Crippen molar-refractivity contribution in [3.63, 3.8) is 0 Å². The molecule has 0 aromatic heterocycles. The average Bonchev–Trinajstić information content (AvgIpc) is 2.81. The van der Waals surface area contributed by atoms with Gasteiger partial charge in [0.2, 0.25) is 0 Å². The second kappa shape index (κ2) is 5.98. The molecule has 1 fully saturated rings. The van der Waals surface area contributed by atoms with E-state index >= 15 is 0 Å². The number of rotatable bonds is 4. The molecule has 0 spiro atoms. The molecule has 3 rings (SSSR count). The summed E-state index contributed by atoms with van der Waals surface area (Å²) < 4.78 is 11.4. The topological polar surface area (TPSA) is 38.7 Å². The third-order valence-corrected chi connectivity index (χ3v) is 4.74. The molecule has 21 heavy (non-hydrogen) atoms. The first-order chi connectivity index (χ1) is 10.1. The fraction of sp³-hybridized carbons (Fsp3) is 0.667. The number of hydrogen-bond donors (Lipinski definition) is 1. The maximum atomic E-state index is 10.5. The maximum absolute atomic E-state index is 10.5. The molecule has 0 radical (unpaired) electrons. The van der Waals surface area contributed by atoms with Crippen LogP contribution in [-0.4, -0.2) is 24.4 Å². The van der Waals surface area contributed by atoms with Crippen LogP contribution >= 0.6 is 0 Å². The van der Waals surface area contributed by atoms with E-state index in [1.165, 1.54) is 18.4 Å². The lowest BCUT2D eigenvalue weighted by molar-refractivity contribution is 0.00212. The third-order valence-electron chi connectivity index (χ3n) is 4.74. The highest BCUT2D eigenvalue weighted by atomic mass is 16.5. The molecule has 0 bridgehead atoms. The Bertz CT molecular complexity index is 489. The van der Waals surface area contributed by atoms with Gasteiger partial charge in [-0.1, -0.05) is 19.9 Å². The second-order valence-corrected chi connectivity index (χ2v) is 7.01. The Morgan fingerprint density at radius 1 is 1.33 bits per heavy atom. The lowest BCUT2D eigenvalue weighted by atomic mass is 9.85. The lowest BCUT2D eigenvalue weighted by Crippen LogP contribution is -2.20. The largest absolute Gasteiger partial charge is 0.492 e. The number of aliphatic hydroxyl groups excluding tert-OH is 1. The van der Waals surface area contributed by atoms with Gasteiger partial charge in [-0.15, -0.1) is 0 Å². The molecule has 1 N–H and O–H groups in total. The van der Waals surface area contributed by atoms with E-state index < -0.39 is 6.10 Å². The molecule has 3 heteroatoms. The molecule has 0 amide bonds. The van der Waals surface area contributed by atoms with Gasteiger partial charge in [-0.25, -0.2) is 0 Å². The van der Waals surface area contributed by atoms with E-state index in [-0.39, 0.29) is 5.41 Å². The van der Waals surface area contributed by atoms with E-state index in [1.54, 1.807) is 0 Å². The van der Waals surface area contributed by atoms with Crippen molar-refractivity contribution in [1.29, 1.82) is 0 Å². The number of ether oxygens (including phenoxy) is 2. The van der Waals surface area contributed by atoms with E-state index in [0.29, 0.717) is 6.10 Å². The Balaban J connectivity index is 1.63. The van der Waals surface area contributed by atoms with Crippen LogP contribution < -0.4 is 4.74 Å². The fourth-order valence-electron chi connectivity index (χ4n) is 3.29. The smallest absolute Gasteiger partial charge is 0.123 e. The molecule has 2 unspecified atom stereocenters. The monoisotopic (exact) mass is 290 g/mol. The summed E-state index contributed by atoms with van der Waals surface area (Å²) in [6.45, 7) is 5.97. The number of fused-ring (bicyclic) bond motifs is 1. The van der Waals surface area contributed by atoms with E-state index in [1.807, 2.05) is 12.1 Å². The Labute approximate surface area is 127 Å². The van der Waals surface area contributed by atoms with Crippen LogP contribution in [0, 0.1) is 0 Å². The maximum Gasteiger partial charge on any atom is 0.123 e.